The quantitative estimate of drug-likeness (QED) is 0.420. The average Bonchev–Trinajstić information content (AvgIpc) is 2.01. The molecule has 0 radical (unpaired) electrons. The summed E-state index contributed by atoms with van der Waals surface area (Å²) < 4.78 is 33.1. The molecule has 6 heteroatoms. The topological polar surface area (TPSA) is 74.6 Å². The first-order valence-electron chi connectivity index (χ1n) is 5.11. The summed E-state index contributed by atoms with van der Waals surface area (Å²) in [5.74, 6) is 0. The summed E-state index contributed by atoms with van der Waals surface area (Å²) in [6, 6.07) is 0. The summed E-state index contributed by atoms with van der Waals surface area (Å²) in [6.45, 7) is 2.27. The Balaban J connectivity index is 0. The van der Waals surface area contributed by atoms with Crippen LogP contribution < -0.4 is 0 Å². The van der Waals surface area contributed by atoms with Crippen molar-refractivity contribution < 1.29 is 17.5 Å². The van der Waals surface area contributed by atoms with Crippen molar-refractivity contribution in [2.45, 2.75) is 49.1 Å². The first kappa shape index (κ1) is 17.3. The largest absolute Gasteiger partial charge is 0.394 e. The van der Waals surface area contributed by atoms with Crippen LogP contribution in [0.25, 0.3) is 0 Å². The van der Waals surface area contributed by atoms with Gasteiger partial charge in [0, 0.05) is 0 Å². The average molecular weight is 234 g/mol. The maximum absolute atomic E-state index is 8.74. The third-order valence-corrected chi connectivity index (χ3v) is 2.41. The van der Waals surface area contributed by atoms with Crippen LogP contribution in [0.4, 0.5) is 0 Å². The van der Waals surface area contributed by atoms with Gasteiger partial charge >= 0.3 is 87.4 Å². The first-order chi connectivity index (χ1) is 6.41. The molecule has 0 aromatic rings. The van der Waals surface area contributed by atoms with Crippen LogP contribution in [0.3, 0.4) is 0 Å². The SMILES string of the molecule is CCCCCCC[CH2][Na].O=S(=O)(O)O. The fourth-order valence-corrected chi connectivity index (χ4v) is 1.53. The third kappa shape index (κ3) is 38.4. The van der Waals surface area contributed by atoms with Gasteiger partial charge in [0.25, 0.3) is 0 Å². The molecule has 0 aromatic carbocycles. The molecular formula is C8H19NaO4S. The molecule has 4 nitrogen and oxygen atoms in total. The van der Waals surface area contributed by atoms with E-state index in [1.807, 2.05) is 0 Å². The molecule has 0 aliphatic rings. The third-order valence-electron chi connectivity index (χ3n) is 1.71. The van der Waals surface area contributed by atoms with Gasteiger partial charge in [0.05, 0.1) is 0 Å². The number of hydrogen-bond donors (Lipinski definition) is 2. The molecular weight excluding hydrogens is 215 g/mol. The van der Waals surface area contributed by atoms with E-state index in [2.05, 4.69) is 6.92 Å². The zero-order chi connectivity index (χ0) is 11.4. The Hall–Kier alpha value is 0.870. The molecule has 0 aromatic heterocycles. The normalized spacial score (nSPS) is 10.6. The minimum atomic E-state index is -4.67. The van der Waals surface area contributed by atoms with Crippen molar-refractivity contribution in [3.8, 4) is 0 Å². The van der Waals surface area contributed by atoms with Gasteiger partial charge in [-0.25, -0.2) is 0 Å². The Labute approximate surface area is 104 Å². The molecule has 0 bridgehead atoms. The monoisotopic (exact) mass is 234 g/mol. The van der Waals surface area contributed by atoms with Crippen LogP contribution in [0.2, 0.25) is 3.67 Å². The summed E-state index contributed by atoms with van der Waals surface area (Å²) in [5, 5.41) is 0. The van der Waals surface area contributed by atoms with Crippen molar-refractivity contribution in [3.05, 3.63) is 0 Å². The molecule has 0 aliphatic carbocycles. The minimum Gasteiger partial charge on any atom is -0.264 e. The van der Waals surface area contributed by atoms with Crippen molar-refractivity contribution in [1.29, 1.82) is 0 Å². The van der Waals surface area contributed by atoms with Crippen LogP contribution in [0.1, 0.15) is 45.4 Å². The molecule has 0 rings (SSSR count). The van der Waals surface area contributed by atoms with Gasteiger partial charge in [-0.1, -0.05) is 0 Å². The van der Waals surface area contributed by atoms with Crippen LogP contribution in [0.5, 0.6) is 0 Å². The maximum Gasteiger partial charge on any atom is 0.394 e. The maximum atomic E-state index is 8.74. The van der Waals surface area contributed by atoms with Crippen molar-refractivity contribution in [2.75, 3.05) is 0 Å². The number of unbranched alkanes of at least 4 members (excludes halogenated alkanes) is 5. The van der Waals surface area contributed by atoms with Crippen molar-refractivity contribution in [3.63, 3.8) is 0 Å². The van der Waals surface area contributed by atoms with Crippen LogP contribution in [-0.2, 0) is 10.4 Å². The van der Waals surface area contributed by atoms with E-state index in [0.717, 1.165) is 0 Å². The summed E-state index contributed by atoms with van der Waals surface area (Å²) in [5.41, 5.74) is 0. The summed E-state index contributed by atoms with van der Waals surface area (Å²) in [7, 11) is -4.67. The van der Waals surface area contributed by atoms with Gasteiger partial charge in [-0.15, -0.1) is 0 Å². The van der Waals surface area contributed by atoms with Gasteiger partial charge in [-0.2, -0.15) is 8.42 Å². The van der Waals surface area contributed by atoms with Crippen molar-refractivity contribution in [2.24, 2.45) is 0 Å². The van der Waals surface area contributed by atoms with E-state index in [1.54, 1.807) is 0 Å². The second-order valence-corrected chi connectivity index (χ2v) is 5.11. The number of hydrogen-bond acceptors (Lipinski definition) is 2. The summed E-state index contributed by atoms with van der Waals surface area (Å²) in [6.07, 6.45) is 8.76. The standard InChI is InChI=1S/C8H17.Na.H2O4S/c1-3-5-7-8-6-4-2;;1-5(2,3)4/h1,3-8H2,2H3;;(H2,1,2,3,4). The van der Waals surface area contributed by atoms with Crippen LogP contribution in [-0.4, -0.2) is 45.5 Å². The van der Waals surface area contributed by atoms with E-state index >= 15 is 0 Å². The Morgan fingerprint density at radius 1 is 1.00 bits per heavy atom. The Morgan fingerprint density at radius 2 is 1.36 bits per heavy atom. The molecule has 2 N–H and O–H groups in total. The molecule has 82 valence electrons. The van der Waals surface area contributed by atoms with Crippen molar-refractivity contribution in [1.82, 2.24) is 0 Å². The predicted molar refractivity (Wildman–Crippen MR) is 58.1 cm³/mol. The van der Waals surface area contributed by atoms with E-state index in [0.29, 0.717) is 0 Å². The molecule has 0 unspecified atom stereocenters. The van der Waals surface area contributed by atoms with Gasteiger partial charge in [-0.3, -0.25) is 9.11 Å². The molecule has 0 spiro atoms. The van der Waals surface area contributed by atoms with Gasteiger partial charge in [0.15, 0.2) is 0 Å². The molecule has 0 amide bonds. The predicted octanol–water partition coefficient (Wildman–Crippen LogP) is 2.28. The fourth-order valence-electron chi connectivity index (χ4n) is 1.03. The van der Waals surface area contributed by atoms with Gasteiger partial charge < -0.3 is 0 Å². The molecule has 0 atom stereocenters. The molecule has 0 saturated carbocycles. The van der Waals surface area contributed by atoms with Crippen LogP contribution in [0, 0.1) is 0 Å². The van der Waals surface area contributed by atoms with E-state index in [-0.39, 0.29) is 0 Å². The Kier molecular flexibility index (Phi) is 14.7. The molecule has 0 fully saturated rings. The fraction of sp³-hybridized carbons (Fsp3) is 1.00. The van der Waals surface area contributed by atoms with Crippen molar-refractivity contribution >= 4 is 38.3 Å². The van der Waals surface area contributed by atoms with Crippen LogP contribution in [0.15, 0.2) is 0 Å². The van der Waals surface area contributed by atoms with Crippen LogP contribution >= 0.6 is 0 Å². The van der Waals surface area contributed by atoms with E-state index in [1.165, 1.54) is 70.1 Å². The van der Waals surface area contributed by atoms with E-state index < -0.39 is 10.4 Å². The Bertz CT molecular complexity index is 178. The molecule has 14 heavy (non-hydrogen) atoms. The Morgan fingerprint density at radius 3 is 1.71 bits per heavy atom. The van der Waals surface area contributed by atoms with Gasteiger partial charge in [0.2, 0.25) is 0 Å². The van der Waals surface area contributed by atoms with Gasteiger partial charge in [-0.05, 0) is 0 Å². The molecule has 0 saturated heterocycles. The minimum absolute atomic E-state index is 1.38. The molecule has 0 aliphatic heterocycles. The second-order valence-electron chi connectivity index (χ2n) is 3.22. The second kappa shape index (κ2) is 11.9. The first-order valence-corrected chi connectivity index (χ1v) is 7.92. The van der Waals surface area contributed by atoms with E-state index in [4.69, 9.17) is 17.5 Å². The number of rotatable bonds is 6. The van der Waals surface area contributed by atoms with Gasteiger partial charge in [0.1, 0.15) is 0 Å². The summed E-state index contributed by atoms with van der Waals surface area (Å²) >= 11 is 1.41. The van der Waals surface area contributed by atoms with E-state index in [9.17, 15) is 0 Å². The zero-order valence-electron chi connectivity index (χ0n) is 9.07. The summed E-state index contributed by atoms with van der Waals surface area (Å²) in [4.78, 5) is 0. The molecule has 0 heterocycles. The zero-order valence-corrected chi connectivity index (χ0v) is 11.9. The smallest absolute Gasteiger partial charge is 0.264 e.